The smallest absolute Gasteiger partial charge is 0.261 e. The number of H-pyrrole nitrogens is 1. The van der Waals surface area contributed by atoms with E-state index in [1.54, 1.807) is 0 Å². The Kier molecular flexibility index (Phi) is 9.86. The van der Waals surface area contributed by atoms with Gasteiger partial charge in [-0.3, -0.25) is 14.2 Å². The number of rotatable bonds is 4. The third-order valence-corrected chi connectivity index (χ3v) is 5.05. The Bertz CT molecular complexity index is 1220. The van der Waals surface area contributed by atoms with Gasteiger partial charge in [0.15, 0.2) is 0 Å². The Morgan fingerprint density at radius 2 is 1.59 bits per heavy atom. The number of fused-ring (bicyclic) bond motifs is 1. The zero-order valence-electron chi connectivity index (χ0n) is 19.5. The van der Waals surface area contributed by atoms with Gasteiger partial charge in [0.05, 0.1) is 24.2 Å². The topological polar surface area (TPSA) is 153 Å². The van der Waals surface area contributed by atoms with Gasteiger partial charge in [-0.25, -0.2) is 0 Å². The quantitative estimate of drug-likeness (QED) is 0.386. The number of hydrogen-bond acceptors (Lipinski definition) is 7. The van der Waals surface area contributed by atoms with Crippen molar-refractivity contribution in [3.05, 3.63) is 54.2 Å². The van der Waals surface area contributed by atoms with Crippen molar-refractivity contribution in [1.82, 2.24) is 10.2 Å². The average molecular weight is 513 g/mol. The maximum Gasteiger partial charge on any atom is 0.261 e. The fourth-order valence-electron chi connectivity index (χ4n) is 3.70. The first-order valence-electron chi connectivity index (χ1n) is 10.7. The summed E-state index contributed by atoms with van der Waals surface area (Å²) < 4.78 is 51.7. The summed E-state index contributed by atoms with van der Waals surface area (Å²) in [7, 11) is -7.33. The minimum atomic E-state index is -3.67. The lowest BCUT2D eigenvalue weighted by Gasteiger charge is -2.35. The summed E-state index contributed by atoms with van der Waals surface area (Å²) in [6.45, 7) is 4.45. The van der Waals surface area contributed by atoms with Gasteiger partial charge in [-0.2, -0.15) is 21.9 Å². The van der Waals surface area contributed by atoms with Crippen molar-refractivity contribution < 1.29 is 25.9 Å². The van der Waals surface area contributed by atoms with Gasteiger partial charge in [-0.05, 0) is 43.0 Å². The Hall–Kier alpha value is -2.67. The molecule has 188 valence electrons. The van der Waals surface area contributed by atoms with E-state index in [1.807, 2.05) is 6.20 Å². The highest BCUT2D eigenvalue weighted by Crippen LogP contribution is 2.27. The molecule has 4 rings (SSSR count). The second kappa shape index (κ2) is 12.2. The maximum absolute atomic E-state index is 9.19. The number of anilines is 2. The van der Waals surface area contributed by atoms with Gasteiger partial charge in [0.1, 0.15) is 0 Å². The molecule has 10 nitrogen and oxygen atoms in total. The highest BCUT2D eigenvalue weighted by molar-refractivity contribution is 7.85. The van der Waals surface area contributed by atoms with Crippen LogP contribution in [0.5, 0.6) is 0 Å². The van der Waals surface area contributed by atoms with Crippen LogP contribution in [0.2, 0.25) is 0 Å². The summed E-state index contributed by atoms with van der Waals surface area (Å²) in [6, 6.07) is 15.6. The van der Waals surface area contributed by atoms with E-state index in [4.69, 9.17) is 9.11 Å². The van der Waals surface area contributed by atoms with Crippen molar-refractivity contribution in [1.29, 1.82) is 0 Å². The van der Waals surface area contributed by atoms with Crippen LogP contribution in [0.15, 0.2) is 48.7 Å². The summed E-state index contributed by atoms with van der Waals surface area (Å²) in [5.41, 5.74) is 5.14. The highest BCUT2D eigenvalue weighted by atomic mass is 32.2. The molecule has 3 aromatic rings. The third kappa shape index (κ3) is 10.1. The van der Waals surface area contributed by atoms with Crippen molar-refractivity contribution in [2.24, 2.45) is 0 Å². The summed E-state index contributed by atoms with van der Waals surface area (Å²) >= 11 is 0. The first-order valence-corrected chi connectivity index (χ1v) is 14.4. The van der Waals surface area contributed by atoms with Crippen LogP contribution in [0.4, 0.5) is 11.4 Å². The Morgan fingerprint density at radius 3 is 2.18 bits per heavy atom. The molecular formula is C22H32N4O6S2. The molecule has 1 aromatic heterocycles. The van der Waals surface area contributed by atoms with Crippen LogP contribution in [0.25, 0.3) is 10.9 Å². The number of nitrogens with one attached hydrogen (secondary N) is 2. The number of aromatic amines is 1. The van der Waals surface area contributed by atoms with Gasteiger partial charge >= 0.3 is 0 Å². The lowest BCUT2D eigenvalue weighted by Crippen LogP contribution is -2.39. The predicted octanol–water partition coefficient (Wildman–Crippen LogP) is 3.21. The summed E-state index contributed by atoms with van der Waals surface area (Å²) in [5, 5.41) is 12.1. The van der Waals surface area contributed by atoms with Gasteiger partial charge in [0.2, 0.25) is 0 Å². The molecule has 1 fully saturated rings. The first kappa shape index (κ1) is 27.6. The normalized spacial score (nSPS) is 14.6. The zero-order valence-corrected chi connectivity index (χ0v) is 21.1. The van der Waals surface area contributed by atoms with Crippen LogP contribution in [0, 0.1) is 0 Å². The summed E-state index contributed by atoms with van der Waals surface area (Å²) in [5.74, 6) is 0. The van der Waals surface area contributed by atoms with Gasteiger partial charge < -0.3 is 10.2 Å². The molecule has 2 heterocycles. The van der Waals surface area contributed by atoms with Crippen molar-refractivity contribution in [3.8, 4) is 0 Å². The molecule has 0 spiro atoms. The van der Waals surface area contributed by atoms with Gasteiger partial charge in [0, 0.05) is 35.9 Å². The minimum absolute atomic E-state index is 0.524. The van der Waals surface area contributed by atoms with E-state index in [0.29, 0.717) is 18.6 Å². The van der Waals surface area contributed by atoms with Crippen LogP contribution in [-0.4, -0.2) is 67.8 Å². The number of piperidine rings is 1. The molecule has 0 amide bonds. The molecular weight excluding hydrogens is 480 g/mol. The molecule has 1 saturated heterocycles. The molecule has 2 aromatic carbocycles. The highest BCUT2D eigenvalue weighted by Gasteiger charge is 2.21. The molecule has 0 saturated carbocycles. The standard InChI is InChI=1S/C20H24N4.2CH4O3S/c1-2-15-6-3-4-9-20(15)24-12-10-16(11-13-24)22-18-7-5-8-19-17(18)14-21-23-19;2*1-5(2,3)4/h3-9,14,16,22H,2,10-13H2,1H3,(H,21,23);2*1H3,(H,2,3,4). The second-order valence-electron chi connectivity index (χ2n) is 7.99. The fourth-order valence-corrected chi connectivity index (χ4v) is 3.70. The van der Waals surface area contributed by atoms with Gasteiger partial charge in [-0.15, -0.1) is 0 Å². The van der Waals surface area contributed by atoms with Crippen molar-refractivity contribution in [2.45, 2.75) is 32.2 Å². The number of aryl methyl sites for hydroxylation is 1. The molecule has 0 bridgehead atoms. The van der Waals surface area contributed by atoms with Crippen LogP contribution < -0.4 is 10.2 Å². The lowest BCUT2D eigenvalue weighted by molar-refractivity contribution is 0.488. The Morgan fingerprint density at radius 1 is 1.00 bits per heavy atom. The first-order chi connectivity index (χ1) is 15.8. The van der Waals surface area contributed by atoms with E-state index in [1.165, 1.54) is 22.3 Å². The number of para-hydroxylation sites is 1. The van der Waals surface area contributed by atoms with Crippen LogP contribution in [-0.2, 0) is 26.7 Å². The molecule has 1 aliphatic heterocycles. The van der Waals surface area contributed by atoms with E-state index in [0.717, 1.165) is 37.9 Å². The molecule has 34 heavy (non-hydrogen) atoms. The number of aromatic nitrogens is 2. The van der Waals surface area contributed by atoms with E-state index in [2.05, 4.69) is 69.8 Å². The predicted molar refractivity (Wildman–Crippen MR) is 136 cm³/mol. The molecule has 0 aliphatic carbocycles. The number of benzene rings is 2. The SMILES string of the molecule is CCc1ccccc1N1CCC(Nc2cccc3[nH]ncc23)CC1.CS(=O)(=O)O.CS(=O)(=O)O. The van der Waals surface area contributed by atoms with E-state index in [-0.39, 0.29) is 0 Å². The Balaban J connectivity index is 0.000000347. The molecule has 4 N–H and O–H groups in total. The van der Waals surface area contributed by atoms with E-state index in [9.17, 15) is 16.8 Å². The lowest BCUT2D eigenvalue weighted by atomic mass is 10.0. The maximum atomic E-state index is 9.19. The second-order valence-corrected chi connectivity index (χ2v) is 10.9. The van der Waals surface area contributed by atoms with Crippen LogP contribution >= 0.6 is 0 Å². The number of nitrogens with zero attached hydrogens (tertiary/aromatic N) is 2. The summed E-state index contributed by atoms with van der Waals surface area (Å²) in [4.78, 5) is 2.54. The largest absolute Gasteiger partial charge is 0.382 e. The van der Waals surface area contributed by atoms with Crippen molar-refractivity contribution >= 4 is 42.5 Å². The van der Waals surface area contributed by atoms with Gasteiger partial charge in [-0.1, -0.05) is 31.2 Å². The molecule has 1 aliphatic rings. The monoisotopic (exact) mass is 512 g/mol. The third-order valence-electron chi connectivity index (χ3n) is 5.05. The van der Waals surface area contributed by atoms with Crippen molar-refractivity contribution in [2.75, 3.05) is 35.8 Å². The fraction of sp³-hybridized carbons (Fsp3) is 0.409. The van der Waals surface area contributed by atoms with Crippen LogP contribution in [0.1, 0.15) is 25.3 Å². The molecule has 0 radical (unpaired) electrons. The Labute approximate surface area is 200 Å². The minimum Gasteiger partial charge on any atom is -0.382 e. The summed E-state index contributed by atoms with van der Waals surface area (Å²) in [6.07, 6.45) is 6.75. The molecule has 0 atom stereocenters. The van der Waals surface area contributed by atoms with E-state index < -0.39 is 20.2 Å². The molecule has 0 unspecified atom stereocenters. The van der Waals surface area contributed by atoms with Crippen molar-refractivity contribution in [3.63, 3.8) is 0 Å². The van der Waals surface area contributed by atoms with Gasteiger partial charge in [0.25, 0.3) is 20.2 Å². The zero-order chi connectivity index (χ0) is 25.4. The molecule has 12 heteroatoms. The number of hydrogen-bond donors (Lipinski definition) is 4. The van der Waals surface area contributed by atoms with E-state index >= 15 is 0 Å². The average Bonchev–Trinajstić information content (AvgIpc) is 3.22. The van der Waals surface area contributed by atoms with Crippen LogP contribution in [0.3, 0.4) is 0 Å².